The topological polar surface area (TPSA) is 104 Å². The Labute approximate surface area is 83.6 Å². The molecule has 0 aliphatic rings. The van der Waals surface area contributed by atoms with E-state index in [0.717, 1.165) is 0 Å². The Morgan fingerprint density at radius 1 is 1.47 bits per heavy atom. The summed E-state index contributed by atoms with van der Waals surface area (Å²) in [5, 5.41) is 30.3. The number of nitrogens with zero attached hydrogens (tertiary/aromatic N) is 4. The van der Waals surface area contributed by atoms with Crippen LogP contribution in [0.2, 0.25) is 0 Å². The van der Waals surface area contributed by atoms with Crippen LogP contribution in [0, 0.1) is 0 Å². The van der Waals surface area contributed by atoms with Gasteiger partial charge in [-0.05, 0) is 28.6 Å². The van der Waals surface area contributed by atoms with E-state index in [9.17, 15) is 9.90 Å². The molecule has 1 aromatic carbocycles. The number of carboxylic acids is 1. The summed E-state index contributed by atoms with van der Waals surface area (Å²) in [6.45, 7) is 0. The fourth-order valence-electron chi connectivity index (χ4n) is 1.11. The molecule has 7 nitrogen and oxygen atoms in total. The second kappa shape index (κ2) is 3.37. The molecule has 0 bridgehead atoms. The minimum atomic E-state index is -1.25. The van der Waals surface area contributed by atoms with Crippen LogP contribution in [0.4, 0.5) is 0 Å². The van der Waals surface area contributed by atoms with Gasteiger partial charge in [-0.15, -0.1) is 5.10 Å². The van der Waals surface area contributed by atoms with Gasteiger partial charge in [0, 0.05) is 0 Å². The molecule has 2 aromatic rings. The molecule has 0 saturated heterocycles. The van der Waals surface area contributed by atoms with E-state index in [1.165, 1.54) is 29.2 Å². The Morgan fingerprint density at radius 2 is 2.27 bits per heavy atom. The van der Waals surface area contributed by atoms with Crippen LogP contribution in [0.1, 0.15) is 10.4 Å². The molecule has 15 heavy (non-hydrogen) atoms. The SMILES string of the molecule is O=C(O)c1ccc(-n2cnnn2)cc1[O-]. The Bertz CT molecular complexity index is 495. The van der Waals surface area contributed by atoms with E-state index in [2.05, 4.69) is 15.5 Å². The number of hydrogen-bond acceptors (Lipinski definition) is 5. The van der Waals surface area contributed by atoms with E-state index in [-0.39, 0.29) is 5.56 Å². The molecule has 0 atom stereocenters. The second-order valence-corrected chi connectivity index (χ2v) is 2.74. The lowest BCUT2D eigenvalue weighted by molar-refractivity contribution is -0.268. The number of carbonyl (C=O) groups is 1. The monoisotopic (exact) mass is 205 g/mol. The quantitative estimate of drug-likeness (QED) is 0.704. The molecular formula is C8H5N4O3-. The predicted octanol–water partition coefficient (Wildman–Crippen LogP) is -0.566. The van der Waals surface area contributed by atoms with Crippen LogP contribution >= 0.6 is 0 Å². The number of aromatic nitrogens is 4. The fraction of sp³-hybridized carbons (Fsp3) is 0. The van der Waals surface area contributed by atoms with Gasteiger partial charge in [0.05, 0.1) is 11.3 Å². The summed E-state index contributed by atoms with van der Waals surface area (Å²) >= 11 is 0. The van der Waals surface area contributed by atoms with E-state index in [1.54, 1.807) is 0 Å². The molecule has 0 fully saturated rings. The maximum absolute atomic E-state index is 11.3. The summed E-state index contributed by atoms with van der Waals surface area (Å²) in [5.74, 6) is -1.82. The number of benzene rings is 1. The van der Waals surface area contributed by atoms with Gasteiger partial charge in [0.1, 0.15) is 6.33 Å². The van der Waals surface area contributed by atoms with Gasteiger partial charge in [-0.2, -0.15) is 0 Å². The minimum absolute atomic E-state index is 0.271. The highest BCUT2D eigenvalue weighted by Crippen LogP contribution is 2.17. The van der Waals surface area contributed by atoms with Crippen molar-refractivity contribution in [3.8, 4) is 11.4 Å². The molecule has 0 radical (unpaired) electrons. The van der Waals surface area contributed by atoms with Crippen LogP contribution in [-0.2, 0) is 0 Å². The van der Waals surface area contributed by atoms with Gasteiger partial charge in [-0.3, -0.25) is 0 Å². The lowest BCUT2D eigenvalue weighted by atomic mass is 10.2. The van der Waals surface area contributed by atoms with Crippen molar-refractivity contribution >= 4 is 5.97 Å². The van der Waals surface area contributed by atoms with Crippen LogP contribution in [-0.4, -0.2) is 31.3 Å². The predicted molar refractivity (Wildman–Crippen MR) is 45.6 cm³/mol. The largest absolute Gasteiger partial charge is 0.872 e. The van der Waals surface area contributed by atoms with Crippen molar-refractivity contribution in [1.82, 2.24) is 20.2 Å². The third-order valence-electron chi connectivity index (χ3n) is 1.81. The van der Waals surface area contributed by atoms with E-state index in [1.807, 2.05) is 0 Å². The molecule has 0 spiro atoms. The Morgan fingerprint density at radius 3 is 2.80 bits per heavy atom. The summed E-state index contributed by atoms with van der Waals surface area (Å²) in [7, 11) is 0. The average Bonchev–Trinajstić information content (AvgIpc) is 2.69. The first kappa shape index (κ1) is 9.13. The molecular weight excluding hydrogens is 200 g/mol. The highest BCUT2D eigenvalue weighted by molar-refractivity contribution is 5.90. The Balaban J connectivity index is 2.47. The maximum Gasteiger partial charge on any atom is 0.335 e. The Hall–Kier alpha value is -2.44. The number of carboxylic acid groups (broad SMARTS) is 1. The minimum Gasteiger partial charge on any atom is -0.872 e. The van der Waals surface area contributed by atoms with Crippen LogP contribution < -0.4 is 5.11 Å². The van der Waals surface area contributed by atoms with E-state index in [4.69, 9.17) is 5.11 Å². The second-order valence-electron chi connectivity index (χ2n) is 2.74. The van der Waals surface area contributed by atoms with Gasteiger partial charge in [0.25, 0.3) is 0 Å². The van der Waals surface area contributed by atoms with Crippen molar-refractivity contribution < 1.29 is 15.0 Å². The van der Waals surface area contributed by atoms with Crippen LogP contribution in [0.15, 0.2) is 24.5 Å². The van der Waals surface area contributed by atoms with Gasteiger partial charge >= 0.3 is 5.97 Å². The van der Waals surface area contributed by atoms with Gasteiger partial charge < -0.3 is 10.2 Å². The zero-order valence-corrected chi connectivity index (χ0v) is 7.36. The van der Waals surface area contributed by atoms with Crippen molar-refractivity contribution in [3.63, 3.8) is 0 Å². The summed E-state index contributed by atoms with van der Waals surface area (Å²) in [5.41, 5.74) is 0.154. The third kappa shape index (κ3) is 1.62. The summed E-state index contributed by atoms with van der Waals surface area (Å²) in [6.07, 6.45) is 1.31. The van der Waals surface area contributed by atoms with Crippen molar-refractivity contribution in [2.24, 2.45) is 0 Å². The number of rotatable bonds is 2. The molecule has 1 N–H and O–H groups in total. The van der Waals surface area contributed by atoms with Crippen molar-refractivity contribution in [2.75, 3.05) is 0 Å². The van der Waals surface area contributed by atoms with Gasteiger partial charge in [-0.1, -0.05) is 5.75 Å². The molecule has 0 unspecified atom stereocenters. The van der Waals surface area contributed by atoms with Gasteiger partial charge in [0.15, 0.2) is 0 Å². The molecule has 0 aliphatic carbocycles. The van der Waals surface area contributed by atoms with E-state index >= 15 is 0 Å². The molecule has 7 heteroatoms. The zero-order chi connectivity index (χ0) is 10.8. The lowest BCUT2D eigenvalue weighted by Gasteiger charge is -2.11. The number of hydrogen-bond donors (Lipinski definition) is 1. The highest BCUT2D eigenvalue weighted by Gasteiger charge is 2.05. The van der Waals surface area contributed by atoms with Crippen molar-refractivity contribution in [2.45, 2.75) is 0 Å². The molecule has 0 aliphatic heterocycles. The summed E-state index contributed by atoms with van der Waals surface area (Å²) in [4.78, 5) is 10.6. The number of tetrazole rings is 1. The molecule has 1 aromatic heterocycles. The van der Waals surface area contributed by atoms with Gasteiger partial charge in [-0.25, -0.2) is 9.48 Å². The third-order valence-corrected chi connectivity index (χ3v) is 1.81. The fourth-order valence-corrected chi connectivity index (χ4v) is 1.11. The normalized spacial score (nSPS) is 10.1. The summed E-state index contributed by atoms with van der Waals surface area (Å²) in [6, 6.07) is 3.85. The molecule has 76 valence electrons. The van der Waals surface area contributed by atoms with E-state index < -0.39 is 11.7 Å². The van der Waals surface area contributed by atoms with Crippen LogP contribution in [0.3, 0.4) is 0 Å². The molecule has 1 heterocycles. The smallest absolute Gasteiger partial charge is 0.335 e. The highest BCUT2D eigenvalue weighted by atomic mass is 16.4. The first-order chi connectivity index (χ1) is 7.18. The van der Waals surface area contributed by atoms with E-state index in [0.29, 0.717) is 5.69 Å². The van der Waals surface area contributed by atoms with Crippen molar-refractivity contribution in [3.05, 3.63) is 30.1 Å². The zero-order valence-electron chi connectivity index (χ0n) is 7.36. The molecule has 2 rings (SSSR count). The van der Waals surface area contributed by atoms with Crippen LogP contribution in [0.5, 0.6) is 5.75 Å². The average molecular weight is 205 g/mol. The number of aromatic carboxylic acids is 1. The lowest BCUT2D eigenvalue weighted by Crippen LogP contribution is -2.05. The standard InChI is InChI=1S/C8H6N4O3/c13-7-3-5(12-4-9-10-11-12)1-2-6(7)8(14)15/h1-4,13H,(H,14,15)/p-1. The van der Waals surface area contributed by atoms with Crippen LogP contribution in [0.25, 0.3) is 5.69 Å². The molecule has 0 amide bonds. The van der Waals surface area contributed by atoms with Crippen molar-refractivity contribution in [1.29, 1.82) is 0 Å². The summed E-state index contributed by atoms with van der Waals surface area (Å²) < 4.78 is 1.27. The Kier molecular flexibility index (Phi) is 2.05. The molecule has 0 saturated carbocycles. The first-order valence-electron chi connectivity index (χ1n) is 3.96. The first-order valence-corrected chi connectivity index (χ1v) is 3.96. The maximum atomic E-state index is 11.3. The van der Waals surface area contributed by atoms with Gasteiger partial charge in [0.2, 0.25) is 0 Å².